The van der Waals surface area contributed by atoms with E-state index in [1.807, 2.05) is 0 Å². The minimum absolute atomic E-state index is 1.15. The van der Waals surface area contributed by atoms with E-state index in [9.17, 15) is 0 Å². The molecule has 0 radical (unpaired) electrons. The lowest BCUT2D eigenvalue weighted by Gasteiger charge is -2.25. The predicted octanol–water partition coefficient (Wildman–Crippen LogP) is 6.86. The molecule has 1 aromatic rings. The Balaban J connectivity index is 1.34. The minimum atomic E-state index is 1.15. The lowest BCUT2D eigenvalue weighted by atomic mass is 9.80. The van der Waals surface area contributed by atoms with E-state index < -0.39 is 0 Å². The summed E-state index contributed by atoms with van der Waals surface area (Å²) in [5.41, 5.74) is 14.2. The Morgan fingerprint density at radius 3 is 2.68 bits per heavy atom. The third kappa shape index (κ3) is 2.68. The lowest BCUT2D eigenvalue weighted by molar-refractivity contribution is 0.664. The summed E-state index contributed by atoms with van der Waals surface area (Å²) in [6.07, 6.45) is 17.6. The molecule has 0 saturated carbocycles. The summed E-state index contributed by atoms with van der Waals surface area (Å²) in [5.74, 6) is 0. The summed E-state index contributed by atoms with van der Waals surface area (Å²) in [5, 5.41) is 0. The molecule has 0 amide bonds. The van der Waals surface area contributed by atoms with Crippen LogP contribution in [0, 0.1) is 0 Å². The van der Waals surface area contributed by atoms with Gasteiger partial charge in [0.25, 0.3) is 0 Å². The summed E-state index contributed by atoms with van der Waals surface area (Å²) < 4.78 is 0. The van der Waals surface area contributed by atoms with Crippen LogP contribution in [0.4, 0.5) is 0 Å². The number of fused-ring (bicyclic) bond motifs is 2. The van der Waals surface area contributed by atoms with Crippen molar-refractivity contribution in [2.24, 2.45) is 0 Å². The molecular formula is C25H26. The third-order valence-corrected chi connectivity index (χ3v) is 6.42. The first-order chi connectivity index (χ1) is 12.3. The Morgan fingerprint density at radius 2 is 1.76 bits per heavy atom. The Bertz CT molecular complexity index is 896. The lowest BCUT2D eigenvalue weighted by Crippen LogP contribution is -2.06. The van der Waals surface area contributed by atoms with Gasteiger partial charge < -0.3 is 0 Å². The van der Waals surface area contributed by atoms with E-state index in [-0.39, 0.29) is 0 Å². The van der Waals surface area contributed by atoms with Crippen LogP contribution in [-0.2, 0) is 6.42 Å². The number of allylic oxidation sites excluding steroid dienone is 9. The quantitative estimate of drug-likeness (QED) is 0.569. The van der Waals surface area contributed by atoms with Gasteiger partial charge in [0.1, 0.15) is 0 Å². The Hall–Kier alpha value is -2.08. The second-order valence-electron chi connectivity index (χ2n) is 8.08. The van der Waals surface area contributed by atoms with Crippen molar-refractivity contribution in [1.29, 1.82) is 0 Å². The van der Waals surface area contributed by atoms with E-state index in [4.69, 9.17) is 0 Å². The number of rotatable bonds is 3. The van der Waals surface area contributed by atoms with Crippen LogP contribution >= 0.6 is 0 Å². The molecule has 5 rings (SSSR count). The molecule has 126 valence electrons. The zero-order valence-corrected chi connectivity index (χ0v) is 15.2. The van der Waals surface area contributed by atoms with E-state index in [0.717, 1.165) is 6.42 Å². The van der Waals surface area contributed by atoms with Crippen LogP contribution in [0.3, 0.4) is 0 Å². The molecule has 0 atom stereocenters. The number of hydrogen-bond donors (Lipinski definition) is 0. The highest BCUT2D eigenvalue weighted by molar-refractivity contribution is 5.66. The first-order valence-corrected chi connectivity index (χ1v) is 9.89. The molecule has 0 heterocycles. The first kappa shape index (κ1) is 15.2. The van der Waals surface area contributed by atoms with Gasteiger partial charge in [0.2, 0.25) is 0 Å². The van der Waals surface area contributed by atoms with Gasteiger partial charge in [0.05, 0.1) is 0 Å². The largest absolute Gasteiger partial charge is 0.0649 e. The molecule has 0 aliphatic heterocycles. The highest BCUT2D eigenvalue weighted by atomic mass is 14.3. The normalized spacial score (nSPS) is 21.6. The SMILES string of the molecule is CC1=C(CCC2=Cc3ccccc3C2)C2=CC3=C(CCCC3)CC2=C1. The van der Waals surface area contributed by atoms with Crippen LogP contribution in [0.25, 0.3) is 6.08 Å². The molecule has 0 N–H and O–H groups in total. The third-order valence-electron chi connectivity index (χ3n) is 6.42. The Kier molecular flexibility index (Phi) is 3.66. The van der Waals surface area contributed by atoms with Crippen LogP contribution in [0.2, 0.25) is 0 Å². The van der Waals surface area contributed by atoms with Gasteiger partial charge in [-0.05, 0) is 97.3 Å². The molecule has 25 heavy (non-hydrogen) atoms. The topological polar surface area (TPSA) is 0 Å². The standard InChI is InChI=1S/C25H26/c1-17-12-23-15-21-8-4-5-9-22(21)16-25(23)24(17)11-10-18-13-19-6-2-3-7-20(19)14-18/h2-3,6-7,12-13,16H,4-5,8-11,14-15H2,1H3. The summed E-state index contributed by atoms with van der Waals surface area (Å²) in [6, 6.07) is 8.85. The van der Waals surface area contributed by atoms with Crippen molar-refractivity contribution >= 4 is 6.08 Å². The fraction of sp³-hybridized carbons (Fsp3) is 0.360. The predicted molar refractivity (Wildman–Crippen MR) is 106 cm³/mol. The first-order valence-electron chi connectivity index (χ1n) is 9.89. The monoisotopic (exact) mass is 326 g/mol. The van der Waals surface area contributed by atoms with Crippen molar-refractivity contribution in [3.8, 4) is 0 Å². The molecule has 0 heteroatoms. The van der Waals surface area contributed by atoms with Gasteiger partial charge in [0.15, 0.2) is 0 Å². The van der Waals surface area contributed by atoms with Gasteiger partial charge >= 0.3 is 0 Å². The highest BCUT2D eigenvalue weighted by Crippen LogP contribution is 2.45. The summed E-state index contributed by atoms with van der Waals surface area (Å²) in [6.45, 7) is 2.32. The molecule has 4 aliphatic carbocycles. The van der Waals surface area contributed by atoms with E-state index in [1.54, 1.807) is 33.4 Å². The molecule has 0 spiro atoms. The van der Waals surface area contributed by atoms with Crippen LogP contribution < -0.4 is 0 Å². The summed E-state index contributed by atoms with van der Waals surface area (Å²) in [7, 11) is 0. The molecule has 4 aliphatic rings. The van der Waals surface area contributed by atoms with E-state index in [0.29, 0.717) is 0 Å². The Morgan fingerprint density at radius 1 is 0.880 bits per heavy atom. The number of benzene rings is 1. The Labute approximate surface area is 151 Å². The second kappa shape index (κ2) is 6.02. The van der Waals surface area contributed by atoms with Gasteiger partial charge in [-0.25, -0.2) is 0 Å². The average molecular weight is 326 g/mol. The maximum absolute atomic E-state index is 2.55. The molecule has 0 aromatic heterocycles. The molecule has 0 bridgehead atoms. The maximum Gasteiger partial charge on any atom is -0.00551 e. The van der Waals surface area contributed by atoms with Gasteiger partial charge in [-0.15, -0.1) is 0 Å². The highest BCUT2D eigenvalue weighted by Gasteiger charge is 2.26. The molecule has 0 fully saturated rings. The van der Waals surface area contributed by atoms with Crippen LogP contribution in [-0.4, -0.2) is 0 Å². The zero-order valence-electron chi connectivity index (χ0n) is 15.2. The van der Waals surface area contributed by atoms with Crippen molar-refractivity contribution in [2.75, 3.05) is 0 Å². The van der Waals surface area contributed by atoms with Gasteiger partial charge in [-0.1, -0.05) is 53.6 Å². The number of hydrogen-bond acceptors (Lipinski definition) is 0. The van der Waals surface area contributed by atoms with E-state index in [1.165, 1.54) is 61.6 Å². The van der Waals surface area contributed by atoms with Crippen molar-refractivity contribution in [3.63, 3.8) is 0 Å². The molecule has 0 saturated heterocycles. The zero-order chi connectivity index (χ0) is 16.8. The smallest absolute Gasteiger partial charge is 0.00551 e. The molecule has 0 unspecified atom stereocenters. The van der Waals surface area contributed by atoms with Crippen LogP contribution in [0.5, 0.6) is 0 Å². The van der Waals surface area contributed by atoms with Crippen molar-refractivity contribution < 1.29 is 0 Å². The van der Waals surface area contributed by atoms with Gasteiger partial charge in [-0.2, -0.15) is 0 Å². The second-order valence-corrected chi connectivity index (χ2v) is 8.08. The fourth-order valence-electron chi connectivity index (χ4n) is 5.06. The molecule has 0 nitrogen and oxygen atoms in total. The average Bonchev–Trinajstić information content (AvgIpc) is 3.17. The van der Waals surface area contributed by atoms with Gasteiger partial charge in [-0.3, -0.25) is 0 Å². The maximum atomic E-state index is 2.55. The van der Waals surface area contributed by atoms with E-state index >= 15 is 0 Å². The van der Waals surface area contributed by atoms with E-state index in [2.05, 4.69) is 49.4 Å². The molecule has 1 aromatic carbocycles. The summed E-state index contributed by atoms with van der Waals surface area (Å²) in [4.78, 5) is 0. The van der Waals surface area contributed by atoms with Gasteiger partial charge in [0, 0.05) is 0 Å². The summed E-state index contributed by atoms with van der Waals surface area (Å²) >= 11 is 0. The van der Waals surface area contributed by atoms with Crippen molar-refractivity contribution in [2.45, 2.75) is 58.3 Å². The fourth-order valence-corrected chi connectivity index (χ4v) is 5.06. The molecular weight excluding hydrogens is 300 g/mol. The minimum Gasteiger partial charge on any atom is -0.0649 e. The van der Waals surface area contributed by atoms with Crippen LogP contribution in [0.1, 0.15) is 63.0 Å². The van der Waals surface area contributed by atoms with Crippen LogP contribution in [0.15, 0.2) is 75.4 Å². The van der Waals surface area contributed by atoms with Crippen molar-refractivity contribution in [1.82, 2.24) is 0 Å². The van der Waals surface area contributed by atoms with Crippen molar-refractivity contribution in [3.05, 3.63) is 86.6 Å².